The molecule has 1 N–H and O–H groups in total. The average molecular weight is 369 g/mol. The fraction of sp³-hybridized carbons (Fsp3) is 0.429. The number of carbonyl (C=O) groups is 2. The van der Waals surface area contributed by atoms with Gasteiger partial charge in [-0.1, -0.05) is 25.0 Å². The van der Waals surface area contributed by atoms with Crippen molar-refractivity contribution in [3.8, 4) is 0 Å². The molecule has 2 fully saturated rings. The van der Waals surface area contributed by atoms with Crippen LogP contribution in [0.25, 0.3) is 0 Å². The van der Waals surface area contributed by atoms with Crippen LogP contribution in [0.4, 0.5) is 11.4 Å². The number of rotatable bonds is 4. The molecule has 2 heterocycles. The Morgan fingerprint density at radius 3 is 2.65 bits per heavy atom. The van der Waals surface area contributed by atoms with Gasteiger partial charge in [-0.2, -0.15) is 0 Å². The topological polar surface area (TPSA) is 49.4 Å². The lowest BCUT2D eigenvalue weighted by Gasteiger charge is -2.28. The predicted molar refractivity (Wildman–Crippen MR) is 106 cm³/mol. The molecule has 1 saturated heterocycles. The summed E-state index contributed by atoms with van der Waals surface area (Å²) in [5.41, 5.74) is 1.25. The summed E-state index contributed by atoms with van der Waals surface area (Å²) < 4.78 is 0. The molecule has 5 heteroatoms. The van der Waals surface area contributed by atoms with Crippen LogP contribution in [-0.2, 0) is 15.0 Å². The van der Waals surface area contributed by atoms with E-state index in [2.05, 4.69) is 11.4 Å². The maximum atomic E-state index is 13.2. The summed E-state index contributed by atoms with van der Waals surface area (Å²) in [4.78, 5) is 28.4. The lowest BCUT2D eigenvalue weighted by atomic mass is 9.83. The molecule has 1 aliphatic heterocycles. The summed E-state index contributed by atoms with van der Waals surface area (Å²) in [7, 11) is 0. The maximum Gasteiger partial charge on any atom is 0.235 e. The summed E-state index contributed by atoms with van der Waals surface area (Å²) in [5, 5.41) is 5.18. The largest absolute Gasteiger partial charge is 0.325 e. The highest BCUT2D eigenvalue weighted by molar-refractivity contribution is 7.10. The second-order valence-electron chi connectivity index (χ2n) is 7.27. The number of carbonyl (C=O) groups excluding carboxylic acids is 2. The van der Waals surface area contributed by atoms with Crippen molar-refractivity contribution in [2.45, 2.75) is 50.4 Å². The van der Waals surface area contributed by atoms with Crippen LogP contribution in [0.1, 0.15) is 49.8 Å². The van der Waals surface area contributed by atoms with Crippen LogP contribution in [0.5, 0.6) is 0 Å². The number of piperidine rings is 1. The Hall–Kier alpha value is -2.14. The number of nitrogens with zero attached hydrogens (tertiary/aromatic N) is 1. The van der Waals surface area contributed by atoms with Crippen molar-refractivity contribution in [2.75, 3.05) is 16.8 Å². The predicted octanol–water partition coefficient (Wildman–Crippen LogP) is 4.72. The lowest BCUT2D eigenvalue weighted by molar-refractivity contribution is -0.121. The minimum absolute atomic E-state index is 0.0829. The number of hydrogen-bond acceptors (Lipinski definition) is 3. The quantitative estimate of drug-likeness (QED) is 0.849. The van der Waals surface area contributed by atoms with Crippen molar-refractivity contribution < 1.29 is 9.59 Å². The number of hydrogen-bond donors (Lipinski definition) is 1. The summed E-state index contributed by atoms with van der Waals surface area (Å²) in [6, 6.07) is 11.8. The minimum Gasteiger partial charge on any atom is -0.325 e. The van der Waals surface area contributed by atoms with Crippen molar-refractivity contribution in [1.82, 2.24) is 0 Å². The standard InChI is InChI=1S/C21H24N2O2S/c24-19-10-1-4-13-23(19)17-8-5-7-16(15-17)22-20(25)21(11-2-3-12-21)18-9-6-14-26-18/h5-9,14-15H,1-4,10-13H2,(H,22,25). The third-order valence-electron chi connectivity index (χ3n) is 5.62. The monoisotopic (exact) mass is 368 g/mol. The van der Waals surface area contributed by atoms with E-state index in [0.29, 0.717) is 6.42 Å². The molecule has 0 atom stereocenters. The molecule has 26 heavy (non-hydrogen) atoms. The summed E-state index contributed by atoms with van der Waals surface area (Å²) in [5.74, 6) is 0.255. The van der Waals surface area contributed by atoms with Crippen LogP contribution in [-0.4, -0.2) is 18.4 Å². The second kappa shape index (κ2) is 7.23. The zero-order valence-corrected chi connectivity index (χ0v) is 15.7. The summed E-state index contributed by atoms with van der Waals surface area (Å²) >= 11 is 1.67. The van der Waals surface area contributed by atoms with E-state index in [1.807, 2.05) is 40.6 Å². The highest BCUT2D eigenvalue weighted by Gasteiger charge is 2.43. The van der Waals surface area contributed by atoms with E-state index in [9.17, 15) is 9.59 Å². The van der Waals surface area contributed by atoms with Crippen LogP contribution in [0.3, 0.4) is 0 Å². The molecule has 1 saturated carbocycles. The van der Waals surface area contributed by atoms with Crippen LogP contribution in [0.2, 0.25) is 0 Å². The average Bonchev–Trinajstić information content (AvgIpc) is 3.35. The number of anilines is 2. The van der Waals surface area contributed by atoms with Gasteiger partial charge in [0.1, 0.15) is 0 Å². The van der Waals surface area contributed by atoms with Gasteiger partial charge in [0.2, 0.25) is 11.8 Å². The Kier molecular flexibility index (Phi) is 4.81. The molecule has 4 nitrogen and oxygen atoms in total. The molecule has 0 radical (unpaired) electrons. The van der Waals surface area contributed by atoms with E-state index in [-0.39, 0.29) is 11.8 Å². The molecular weight excluding hydrogens is 344 g/mol. The van der Waals surface area contributed by atoms with Gasteiger partial charge < -0.3 is 10.2 Å². The highest BCUT2D eigenvalue weighted by atomic mass is 32.1. The van der Waals surface area contributed by atoms with Gasteiger partial charge >= 0.3 is 0 Å². The van der Waals surface area contributed by atoms with Crippen molar-refractivity contribution in [1.29, 1.82) is 0 Å². The van der Waals surface area contributed by atoms with E-state index in [1.165, 1.54) is 0 Å². The molecular formula is C21H24N2O2S. The van der Waals surface area contributed by atoms with Gasteiger partial charge in [-0.25, -0.2) is 0 Å². The van der Waals surface area contributed by atoms with E-state index in [4.69, 9.17) is 0 Å². The second-order valence-corrected chi connectivity index (χ2v) is 8.22. The molecule has 0 bridgehead atoms. The van der Waals surface area contributed by atoms with Gasteiger partial charge in [0.15, 0.2) is 0 Å². The van der Waals surface area contributed by atoms with E-state index in [1.54, 1.807) is 11.3 Å². The number of nitrogens with one attached hydrogen (secondary N) is 1. The first-order valence-electron chi connectivity index (χ1n) is 9.45. The van der Waals surface area contributed by atoms with Crippen molar-refractivity contribution in [3.05, 3.63) is 46.7 Å². The van der Waals surface area contributed by atoms with Crippen LogP contribution in [0.15, 0.2) is 41.8 Å². The Balaban J connectivity index is 1.56. The Bertz CT molecular complexity index is 794. The molecule has 2 aromatic rings. The fourth-order valence-electron chi connectivity index (χ4n) is 4.20. The van der Waals surface area contributed by atoms with Crippen LogP contribution < -0.4 is 10.2 Å². The van der Waals surface area contributed by atoms with E-state index >= 15 is 0 Å². The third-order valence-corrected chi connectivity index (χ3v) is 6.70. The summed E-state index contributed by atoms with van der Waals surface area (Å²) in [6.07, 6.45) is 6.60. The minimum atomic E-state index is -0.398. The van der Waals surface area contributed by atoms with Crippen LogP contribution >= 0.6 is 11.3 Å². The zero-order valence-electron chi connectivity index (χ0n) is 14.9. The number of amides is 2. The van der Waals surface area contributed by atoms with Crippen molar-refractivity contribution in [3.63, 3.8) is 0 Å². The maximum absolute atomic E-state index is 13.2. The first-order valence-corrected chi connectivity index (χ1v) is 10.3. The smallest absolute Gasteiger partial charge is 0.235 e. The lowest BCUT2D eigenvalue weighted by Crippen LogP contribution is -2.37. The van der Waals surface area contributed by atoms with Gasteiger partial charge in [-0.15, -0.1) is 11.3 Å². The van der Waals surface area contributed by atoms with Crippen LogP contribution in [0, 0.1) is 0 Å². The number of thiophene rings is 1. The van der Waals surface area contributed by atoms with E-state index in [0.717, 1.165) is 61.3 Å². The molecule has 0 unspecified atom stereocenters. The van der Waals surface area contributed by atoms with Crippen molar-refractivity contribution in [2.24, 2.45) is 0 Å². The van der Waals surface area contributed by atoms with Gasteiger partial charge in [-0.05, 0) is 55.3 Å². The molecule has 2 aliphatic rings. The Morgan fingerprint density at radius 2 is 1.92 bits per heavy atom. The SMILES string of the molecule is O=C1CCCCN1c1cccc(NC(=O)C2(c3cccs3)CCCC2)c1. The normalized spacial score (nSPS) is 19.5. The van der Waals surface area contributed by atoms with Gasteiger partial charge in [0.05, 0.1) is 5.41 Å². The molecule has 4 rings (SSSR count). The third kappa shape index (κ3) is 3.16. The van der Waals surface area contributed by atoms with Gasteiger partial charge in [0.25, 0.3) is 0 Å². The molecule has 1 aliphatic carbocycles. The zero-order chi connectivity index (χ0) is 18.0. The molecule has 136 valence electrons. The highest BCUT2D eigenvalue weighted by Crippen LogP contribution is 2.44. The molecule has 1 aromatic carbocycles. The summed E-state index contributed by atoms with van der Waals surface area (Å²) in [6.45, 7) is 0.759. The molecule has 0 spiro atoms. The Labute approximate surface area is 158 Å². The first kappa shape index (κ1) is 17.3. The van der Waals surface area contributed by atoms with Gasteiger partial charge in [-0.3, -0.25) is 9.59 Å². The first-order chi connectivity index (χ1) is 12.7. The van der Waals surface area contributed by atoms with E-state index < -0.39 is 5.41 Å². The fourth-order valence-corrected chi connectivity index (χ4v) is 5.18. The van der Waals surface area contributed by atoms with Gasteiger partial charge in [0, 0.05) is 29.2 Å². The van der Waals surface area contributed by atoms with Crippen molar-refractivity contribution >= 4 is 34.5 Å². The number of benzene rings is 1. The molecule has 2 amide bonds. The Morgan fingerprint density at radius 1 is 1.08 bits per heavy atom. The molecule has 1 aromatic heterocycles.